The Morgan fingerprint density at radius 3 is 2.53 bits per heavy atom. The van der Waals surface area contributed by atoms with Crippen LogP contribution < -0.4 is 15.4 Å². The van der Waals surface area contributed by atoms with Gasteiger partial charge in [0.15, 0.2) is 0 Å². The predicted octanol–water partition coefficient (Wildman–Crippen LogP) is 5.84. The van der Waals surface area contributed by atoms with Crippen molar-refractivity contribution in [3.63, 3.8) is 0 Å². The molecule has 0 spiro atoms. The first kappa shape index (κ1) is 24.9. The van der Waals surface area contributed by atoms with Gasteiger partial charge in [0.05, 0.1) is 17.0 Å². The molecular weight excluding hydrogens is 476 g/mol. The Balaban J connectivity index is 1.57. The first-order valence-corrected chi connectivity index (χ1v) is 12.3. The lowest BCUT2D eigenvalue weighted by molar-refractivity contribution is -0.111. The highest BCUT2D eigenvalue weighted by molar-refractivity contribution is 7.19. The number of carbonyl (C=O) groups excluding carboxylic acids is 3. The molecule has 0 fully saturated rings. The maximum absolute atomic E-state index is 12.9. The van der Waals surface area contributed by atoms with E-state index >= 15 is 0 Å². The van der Waals surface area contributed by atoms with Gasteiger partial charge in [-0.25, -0.2) is 4.79 Å². The van der Waals surface area contributed by atoms with E-state index in [0.717, 1.165) is 28.2 Å². The largest absolute Gasteiger partial charge is 0.485 e. The van der Waals surface area contributed by atoms with Gasteiger partial charge in [-0.15, -0.1) is 11.3 Å². The number of esters is 1. The van der Waals surface area contributed by atoms with E-state index in [9.17, 15) is 14.4 Å². The molecule has 2 heterocycles. The summed E-state index contributed by atoms with van der Waals surface area (Å²) in [5.41, 5.74) is 3.01. The molecule has 0 radical (unpaired) electrons. The molecule has 0 saturated heterocycles. The van der Waals surface area contributed by atoms with Crippen LogP contribution in [0.15, 0.2) is 72.3 Å². The molecule has 0 bridgehead atoms. The Labute approximate surface area is 213 Å². The number of carbonyl (C=O) groups is 3. The van der Waals surface area contributed by atoms with Crippen LogP contribution in [-0.2, 0) is 9.53 Å². The molecule has 2 amide bonds. The molecule has 8 heteroatoms. The fourth-order valence-electron chi connectivity index (χ4n) is 3.75. The monoisotopic (exact) mass is 502 g/mol. The van der Waals surface area contributed by atoms with Gasteiger partial charge >= 0.3 is 5.97 Å². The molecule has 1 aliphatic heterocycles. The van der Waals surface area contributed by atoms with Gasteiger partial charge in [-0.1, -0.05) is 36.4 Å². The van der Waals surface area contributed by atoms with Crippen molar-refractivity contribution in [2.75, 3.05) is 17.2 Å². The van der Waals surface area contributed by atoms with Crippen LogP contribution in [0, 0.1) is 6.92 Å². The molecular formula is C28H26N2O5S. The summed E-state index contributed by atoms with van der Waals surface area (Å²) in [7, 11) is 0. The Morgan fingerprint density at radius 2 is 1.78 bits per heavy atom. The number of hydrogen-bond donors (Lipinski definition) is 2. The first-order valence-electron chi connectivity index (χ1n) is 11.5. The van der Waals surface area contributed by atoms with E-state index in [1.165, 1.54) is 6.08 Å². The summed E-state index contributed by atoms with van der Waals surface area (Å²) in [5, 5.41) is 5.82. The van der Waals surface area contributed by atoms with Crippen molar-refractivity contribution in [2.24, 2.45) is 0 Å². The molecule has 1 aliphatic rings. The normalized spacial score (nSPS) is 14.4. The minimum absolute atomic E-state index is 0.167. The first-order chi connectivity index (χ1) is 17.4. The molecule has 7 nitrogen and oxygen atoms in total. The highest BCUT2D eigenvalue weighted by Gasteiger charge is 2.26. The van der Waals surface area contributed by atoms with E-state index in [-0.39, 0.29) is 29.2 Å². The van der Waals surface area contributed by atoms with E-state index in [4.69, 9.17) is 9.47 Å². The van der Waals surface area contributed by atoms with Crippen molar-refractivity contribution >= 4 is 45.9 Å². The van der Waals surface area contributed by atoms with Crippen molar-refractivity contribution < 1.29 is 23.9 Å². The van der Waals surface area contributed by atoms with Crippen LogP contribution in [0.3, 0.4) is 0 Å². The maximum atomic E-state index is 12.9. The number of para-hydroxylation sites is 2. The Hall–Kier alpha value is -4.17. The molecule has 0 aliphatic carbocycles. The number of thiophene rings is 1. The molecule has 36 heavy (non-hydrogen) atoms. The molecule has 1 aromatic heterocycles. The van der Waals surface area contributed by atoms with Crippen LogP contribution in [0.1, 0.15) is 45.0 Å². The van der Waals surface area contributed by atoms with Crippen LogP contribution >= 0.6 is 11.3 Å². The SMILES string of the molecule is CCOC(=O)c1c(NC(=O)/C=C/C2=Cc3ccccc3OC2C)sc(C(=O)Nc2ccccc2)c1C. The summed E-state index contributed by atoms with van der Waals surface area (Å²) in [5.74, 6) is -0.620. The average molecular weight is 503 g/mol. The third kappa shape index (κ3) is 5.55. The molecule has 4 rings (SSSR count). The number of anilines is 2. The number of hydrogen-bond acceptors (Lipinski definition) is 6. The summed E-state index contributed by atoms with van der Waals surface area (Å²) >= 11 is 1.03. The third-order valence-electron chi connectivity index (χ3n) is 5.54. The van der Waals surface area contributed by atoms with E-state index in [1.807, 2.05) is 55.5 Å². The highest BCUT2D eigenvalue weighted by atomic mass is 32.1. The summed E-state index contributed by atoms with van der Waals surface area (Å²) in [4.78, 5) is 38.7. The van der Waals surface area contributed by atoms with Gasteiger partial charge in [-0.05, 0) is 62.3 Å². The molecule has 0 saturated carbocycles. The second-order valence-corrected chi connectivity index (χ2v) is 9.09. The van der Waals surface area contributed by atoms with Crippen molar-refractivity contribution in [2.45, 2.75) is 26.9 Å². The van der Waals surface area contributed by atoms with Crippen molar-refractivity contribution in [1.82, 2.24) is 0 Å². The summed E-state index contributed by atoms with van der Waals surface area (Å²) in [6, 6.07) is 16.7. The molecule has 3 aromatic rings. The van der Waals surface area contributed by atoms with Gasteiger partial charge in [-0.2, -0.15) is 0 Å². The summed E-state index contributed by atoms with van der Waals surface area (Å²) in [6.07, 6.45) is 4.81. The fraction of sp³-hybridized carbons (Fsp3) is 0.179. The maximum Gasteiger partial charge on any atom is 0.341 e. The Bertz CT molecular complexity index is 1360. The molecule has 1 unspecified atom stereocenters. The standard InChI is InChI=1S/C28H26N2O5S/c1-4-34-28(33)24-17(2)25(26(32)29-21-11-6-5-7-12-21)36-27(24)30-23(31)15-14-19-16-20-10-8-9-13-22(20)35-18(19)3/h5-16,18H,4H2,1-3H3,(H,29,32)(H,30,31)/b15-14+. The van der Waals surface area contributed by atoms with Gasteiger partial charge in [0.2, 0.25) is 5.91 Å². The highest BCUT2D eigenvalue weighted by Crippen LogP contribution is 2.35. The second kappa shape index (κ2) is 11.0. The van der Waals surface area contributed by atoms with Crippen LogP contribution in [0.25, 0.3) is 6.08 Å². The molecule has 2 aromatic carbocycles. The van der Waals surface area contributed by atoms with Crippen LogP contribution in [0.5, 0.6) is 5.75 Å². The van der Waals surface area contributed by atoms with Crippen molar-refractivity contribution in [3.05, 3.63) is 93.9 Å². The lowest BCUT2D eigenvalue weighted by atomic mass is 10.0. The van der Waals surface area contributed by atoms with Gasteiger partial charge in [-0.3, -0.25) is 9.59 Å². The van der Waals surface area contributed by atoms with Crippen LogP contribution in [0.2, 0.25) is 0 Å². The van der Waals surface area contributed by atoms with E-state index < -0.39 is 11.9 Å². The zero-order valence-electron chi connectivity index (χ0n) is 20.2. The van der Waals surface area contributed by atoms with E-state index in [0.29, 0.717) is 16.1 Å². The van der Waals surface area contributed by atoms with Gasteiger partial charge in [0, 0.05) is 17.3 Å². The van der Waals surface area contributed by atoms with Crippen molar-refractivity contribution in [3.8, 4) is 5.75 Å². The fourth-order valence-corrected chi connectivity index (χ4v) is 4.84. The number of rotatable bonds is 7. The quantitative estimate of drug-likeness (QED) is 0.313. The number of fused-ring (bicyclic) bond motifs is 1. The molecule has 184 valence electrons. The average Bonchev–Trinajstić information content (AvgIpc) is 3.19. The second-order valence-electron chi connectivity index (χ2n) is 8.07. The summed E-state index contributed by atoms with van der Waals surface area (Å²) in [6.45, 7) is 5.43. The predicted molar refractivity (Wildman–Crippen MR) is 142 cm³/mol. The zero-order chi connectivity index (χ0) is 25.7. The van der Waals surface area contributed by atoms with Crippen molar-refractivity contribution in [1.29, 1.82) is 0 Å². The number of benzene rings is 2. The van der Waals surface area contributed by atoms with Crippen LogP contribution in [-0.4, -0.2) is 30.5 Å². The topological polar surface area (TPSA) is 93.7 Å². The number of amides is 2. The lowest BCUT2D eigenvalue weighted by Gasteiger charge is -2.22. The Kier molecular flexibility index (Phi) is 7.65. The van der Waals surface area contributed by atoms with E-state index in [1.54, 1.807) is 32.1 Å². The Morgan fingerprint density at radius 1 is 1.06 bits per heavy atom. The van der Waals surface area contributed by atoms with E-state index in [2.05, 4.69) is 10.6 Å². The minimum Gasteiger partial charge on any atom is -0.485 e. The summed E-state index contributed by atoms with van der Waals surface area (Å²) < 4.78 is 11.1. The molecule has 1 atom stereocenters. The molecule has 2 N–H and O–H groups in total. The van der Waals surface area contributed by atoms with Crippen LogP contribution in [0.4, 0.5) is 10.7 Å². The smallest absolute Gasteiger partial charge is 0.341 e. The van der Waals surface area contributed by atoms with Gasteiger partial charge in [0.25, 0.3) is 5.91 Å². The zero-order valence-corrected chi connectivity index (χ0v) is 21.0. The number of nitrogens with one attached hydrogen (secondary N) is 2. The van der Waals surface area contributed by atoms with Gasteiger partial charge in [0.1, 0.15) is 16.9 Å². The lowest BCUT2D eigenvalue weighted by Crippen LogP contribution is -2.18. The van der Waals surface area contributed by atoms with Gasteiger partial charge < -0.3 is 20.1 Å². The number of ether oxygens (including phenoxy) is 2. The minimum atomic E-state index is -0.599. The third-order valence-corrected chi connectivity index (χ3v) is 6.75.